The molecule has 0 amide bonds. The van der Waals surface area contributed by atoms with Crippen LogP contribution in [0.2, 0.25) is 0 Å². The number of aliphatic hydroxyl groups excluding tert-OH is 1. The molecule has 2 unspecified atom stereocenters. The smallest absolute Gasteiger partial charge is 0.0908 e. The van der Waals surface area contributed by atoms with E-state index >= 15 is 0 Å². The third kappa shape index (κ3) is 3.98. The van der Waals surface area contributed by atoms with Crippen molar-refractivity contribution >= 4 is 5.84 Å². The Hall–Kier alpha value is -0.570. The van der Waals surface area contributed by atoms with E-state index in [9.17, 15) is 5.11 Å². The fraction of sp³-hybridized carbons (Fsp3) is 0.875. The topological polar surface area (TPSA) is 70.1 Å². The van der Waals surface area contributed by atoms with Crippen LogP contribution in [0.15, 0.2) is 0 Å². The number of amidine groups is 1. The van der Waals surface area contributed by atoms with Gasteiger partial charge in [-0.3, -0.25) is 5.41 Å². The summed E-state index contributed by atoms with van der Waals surface area (Å²) < 4.78 is 0. The van der Waals surface area contributed by atoms with Crippen LogP contribution < -0.4 is 5.73 Å². The molecule has 0 aliphatic rings. The number of aliphatic hydroxyl groups is 1. The van der Waals surface area contributed by atoms with Crippen LogP contribution in [0.25, 0.3) is 0 Å². The van der Waals surface area contributed by atoms with Gasteiger partial charge < -0.3 is 10.8 Å². The molecule has 66 valence electrons. The second-order valence-electron chi connectivity index (χ2n) is 3.44. The van der Waals surface area contributed by atoms with E-state index in [0.717, 1.165) is 0 Å². The summed E-state index contributed by atoms with van der Waals surface area (Å²) in [5, 5.41) is 16.5. The van der Waals surface area contributed by atoms with Gasteiger partial charge in [0.2, 0.25) is 0 Å². The molecule has 0 aromatic carbocycles. The molecular formula is C8H18N2O. The number of hydrogen-bond acceptors (Lipinski definition) is 2. The van der Waals surface area contributed by atoms with E-state index in [4.69, 9.17) is 11.1 Å². The lowest BCUT2D eigenvalue weighted by molar-refractivity contribution is 0.0751. The van der Waals surface area contributed by atoms with Crippen molar-refractivity contribution in [3.63, 3.8) is 0 Å². The summed E-state index contributed by atoms with van der Waals surface area (Å²) in [4.78, 5) is 0. The third-order valence-corrected chi connectivity index (χ3v) is 1.81. The maximum atomic E-state index is 9.49. The third-order valence-electron chi connectivity index (χ3n) is 1.81. The quantitative estimate of drug-likeness (QED) is 0.421. The van der Waals surface area contributed by atoms with Gasteiger partial charge in [0, 0.05) is 6.42 Å². The number of rotatable bonds is 4. The van der Waals surface area contributed by atoms with Gasteiger partial charge in [-0.05, 0) is 11.8 Å². The minimum atomic E-state index is -0.348. The van der Waals surface area contributed by atoms with E-state index in [1.807, 2.05) is 20.8 Å². The molecule has 0 saturated heterocycles. The van der Waals surface area contributed by atoms with Crippen LogP contribution in [0, 0.1) is 17.2 Å². The van der Waals surface area contributed by atoms with Gasteiger partial charge in [-0.1, -0.05) is 20.8 Å². The normalized spacial score (nSPS) is 16.5. The second-order valence-corrected chi connectivity index (χ2v) is 3.44. The Kier molecular flexibility index (Phi) is 4.11. The Morgan fingerprint density at radius 3 is 2.18 bits per heavy atom. The highest BCUT2D eigenvalue weighted by Gasteiger charge is 2.17. The highest BCUT2D eigenvalue weighted by Crippen LogP contribution is 2.14. The summed E-state index contributed by atoms with van der Waals surface area (Å²) in [5.74, 6) is 0.481. The van der Waals surface area contributed by atoms with Crippen molar-refractivity contribution < 1.29 is 5.11 Å². The van der Waals surface area contributed by atoms with Crippen molar-refractivity contribution in [2.24, 2.45) is 17.6 Å². The summed E-state index contributed by atoms with van der Waals surface area (Å²) in [6.07, 6.45) is 0.137. The second kappa shape index (κ2) is 4.34. The Labute approximate surface area is 68.1 Å². The fourth-order valence-electron chi connectivity index (χ4n) is 1.12. The Morgan fingerprint density at radius 1 is 1.45 bits per heavy atom. The number of nitrogens with two attached hydrogens (primary N) is 1. The summed E-state index contributed by atoms with van der Waals surface area (Å²) in [6.45, 7) is 5.83. The summed E-state index contributed by atoms with van der Waals surface area (Å²) in [7, 11) is 0. The van der Waals surface area contributed by atoms with Crippen molar-refractivity contribution in [3.05, 3.63) is 0 Å². The first-order valence-electron chi connectivity index (χ1n) is 3.96. The van der Waals surface area contributed by atoms with Crippen LogP contribution in [-0.2, 0) is 0 Å². The maximum absolute atomic E-state index is 9.49. The molecule has 3 nitrogen and oxygen atoms in total. The molecule has 0 aromatic rings. The summed E-state index contributed by atoms with van der Waals surface area (Å²) in [5.41, 5.74) is 5.20. The van der Waals surface area contributed by atoms with Crippen LogP contribution in [0.3, 0.4) is 0 Å². The SMILES string of the molecule is CC(C)C(O)C(C)CC(=N)N. The molecule has 0 fully saturated rings. The largest absolute Gasteiger partial charge is 0.393 e. The summed E-state index contributed by atoms with van der Waals surface area (Å²) in [6, 6.07) is 0. The molecule has 0 heterocycles. The van der Waals surface area contributed by atoms with Gasteiger partial charge in [-0.25, -0.2) is 0 Å². The van der Waals surface area contributed by atoms with Crippen LogP contribution in [0.4, 0.5) is 0 Å². The van der Waals surface area contributed by atoms with E-state index in [0.29, 0.717) is 6.42 Å². The van der Waals surface area contributed by atoms with E-state index in [1.165, 1.54) is 0 Å². The minimum absolute atomic E-state index is 0.0903. The van der Waals surface area contributed by atoms with Crippen molar-refractivity contribution in [1.82, 2.24) is 0 Å². The maximum Gasteiger partial charge on any atom is 0.0908 e. The molecular weight excluding hydrogens is 140 g/mol. The Bertz CT molecular complexity index is 134. The zero-order valence-electron chi connectivity index (χ0n) is 7.46. The molecule has 0 bridgehead atoms. The highest BCUT2D eigenvalue weighted by molar-refractivity contribution is 5.77. The predicted octanol–water partition coefficient (Wildman–Crippen LogP) is 0.965. The minimum Gasteiger partial charge on any atom is -0.393 e. The zero-order valence-corrected chi connectivity index (χ0v) is 7.46. The Balaban J connectivity index is 3.82. The van der Waals surface area contributed by atoms with Gasteiger partial charge in [0.05, 0.1) is 11.9 Å². The van der Waals surface area contributed by atoms with Crippen LogP contribution >= 0.6 is 0 Å². The first-order valence-corrected chi connectivity index (χ1v) is 3.96. The molecule has 3 heteroatoms. The molecule has 4 N–H and O–H groups in total. The molecule has 2 atom stereocenters. The lowest BCUT2D eigenvalue weighted by Crippen LogP contribution is -2.27. The van der Waals surface area contributed by atoms with Crippen LogP contribution in [-0.4, -0.2) is 17.0 Å². The van der Waals surface area contributed by atoms with E-state index in [-0.39, 0.29) is 23.8 Å². The number of hydrogen-bond donors (Lipinski definition) is 3. The monoisotopic (exact) mass is 158 g/mol. The number of nitrogens with one attached hydrogen (secondary N) is 1. The molecule has 0 aliphatic heterocycles. The van der Waals surface area contributed by atoms with Gasteiger partial charge in [-0.2, -0.15) is 0 Å². The average Bonchev–Trinajstić information content (AvgIpc) is 1.84. The summed E-state index contributed by atoms with van der Waals surface area (Å²) >= 11 is 0. The molecule has 0 saturated carbocycles. The van der Waals surface area contributed by atoms with Crippen molar-refractivity contribution in [2.45, 2.75) is 33.3 Å². The van der Waals surface area contributed by atoms with Gasteiger partial charge in [0.1, 0.15) is 0 Å². The van der Waals surface area contributed by atoms with Gasteiger partial charge in [-0.15, -0.1) is 0 Å². The van der Waals surface area contributed by atoms with E-state index < -0.39 is 0 Å². The molecule has 0 rings (SSSR count). The average molecular weight is 158 g/mol. The van der Waals surface area contributed by atoms with E-state index in [1.54, 1.807) is 0 Å². The molecule has 0 radical (unpaired) electrons. The lowest BCUT2D eigenvalue weighted by Gasteiger charge is -2.21. The van der Waals surface area contributed by atoms with E-state index in [2.05, 4.69) is 0 Å². The molecule has 0 spiro atoms. The predicted molar refractivity (Wildman–Crippen MR) is 46.5 cm³/mol. The van der Waals surface area contributed by atoms with Crippen LogP contribution in [0.1, 0.15) is 27.2 Å². The molecule has 0 aliphatic carbocycles. The van der Waals surface area contributed by atoms with Gasteiger partial charge in [0.15, 0.2) is 0 Å². The molecule has 11 heavy (non-hydrogen) atoms. The first-order chi connectivity index (χ1) is 4.95. The van der Waals surface area contributed by atoms with Gasteiger partial charge >= 0.3 is 0 Å². The lowest BCUT2D eigenvalue weighted by atomic mass is 9.92. The highest BCUT2D eigenvalue weighted by atomic mass is 16.3. The van der Waals surface area contributed by atoms with Crippen molar-refractivity contribution in [3.8, 4) is 0 Å². The molecule has 0 aromatic heterocycles. The standard InChI is InChI=1S/C8H18N2O/c1-5(2)8(11)6(3)4-7(9)10/h5-6,8,11H,4H2,1-3H3,(H3,9,10). The zero-order chi connectivity index (χ0) is 9.02. The van der Waals surface area contributed by atoms with Crippen molar-refractivity contribution in [1.29, 1.82) is 5.41 Å². The van der Waals surface area contributed by atoms with Crippen molar-refractivity contribution in [2.75, 3.05) is 0 Å². The fourth-order valence-corrected chi connectivity index (χ4v) is 1.12. The first kappa shape index (κ1) is 10.4. The van der Waals surface area contributed by atoms with Gasteiger partial charge in [0.25, 0.3) is 0 Å². The van der Waals surface area contributed by atoms with Crippen LogP contribution in [0.5, 0.6) is 0 Å². The Morgan fingerprint density at radius 2 is 1.91 bits per heavy atom.